The summed E-state index contributed by atoms with van der Waals surface area (Å²) in [7, 11) is 1.60. The summed E-state index contributed by atoms with van der Waals surface area (Å²) < 4.78 is 16.5. The van der Waals surface area contributed by atoms with Crippen LogP contribution >= 0.6 is 11.8 Å². The van der Waals surface area contributed by atoms with Crippen LogP contribution in [-0.2, 0) is 24.2 Å². The van der Waals surface area contributed by atoms with Crippen LogP contribution in [0, 0.1) is 0 Å². The lowest BCUT2D eigenvalue weighted by Gasteiger charge is -2.16. The first-order valence-electron chi connectivity index (χ1n) is 9.83. The van der Waals surface area contributed by atoms with Crippen molar-refractivity contribution in [3.8, 4) is 11.5 Å². The molecular weight excluding hydrogens is 402 g/mol. The van der Waals surface area contributed by atoms with Crippen molar-refractivity contribution < 1.29 is 18.7 Å². The predicted octanol–water partition coefficient (Wildman–Crippen LogP) is 4.27. The summed E-state index contributed by atoms with van der Waals surface area (Å²) in [5.74, 6) is 1.93. The maximum absolute atomic E-state index is 12.1. The van der Waals surface area contributed by atoms with E-state index in [9.17, 15) is 4.79 Å². The largest absolute Gasteiger partial charge is 0.497 e. The van der Waals surface area contributed by atoms with E-state index >= 15 is 0 Å². The maximum Gasteiger partial charge on any atom is 0.277 e. The molecule has 8 heteroatoms. The molecule has 0 radical (unpaired) electrons. The summed E-state index contributed by atoms with van der Waals surface area (Å²) in [4.78, 5) is 12.1. The van der Waals surface area contributed by atoms with Gasteiger partial charge >= 0.3 is 0 Å². The van der Waals surface area contributed by atoms with Gasteiger partial charge in [0.25, 0.3) is 11.1 Å². The van der Waals surface area contributed by atoms with Gasteiger partial charge in [-0.1, -0.05) is 17.8 Å². The number of aryl methyl sites for hydroxylation is 2. The third-order valence-corrected chi connectivity index (χ3v) is 5.65. The molecule has 3 aromatic rings. The Balaban J connectivity index is 1.24. The minimum Gasteiger partial charge on any atom is -0.497 e. The van der Waals surface area contributed by atoms with Gasteiger partial charge in [-0.3, -0.25) is 4.79 Å². The Morgan fingerprint density at radius 3 is 2.63 bits per heavy atom. The molecule has 7 nitrogen and oxygen atoms in total. The molecule has 1 aliphatic carbocycles. The summed E-state index contributed by atoms with van der Waals surface area (Å²) >= 11 is 1.18. The number of aromatic nitrogens is 2. The topological polar surface area (TPSA) is 86.5 Å². The lowest BCUT2D eigenvalue weighted by Crippen LogP contribution is -2.13. The van der Waals surface area contributed by atoms with Gasteiger partial charge in [0.05, 0.1) is 12.9 Å². The molecule has 0 fully saturated rings. The molecule has 1 aliphatic rings. The average Bonchev–Trinajstić information content (AvgIpc) is 3.24. The number of methoxy groups -OCH3 is 1. The number of carbonyl (C=O) groups is 1. The van der Waals surface area contributed by atoms with Crippen molar-refractivity contribution in [2.75, 3.05) is 18.2 Å². The second-order valence-corrected chi connectivity index (χ2v) is 7.88. The molecule has 0 saturated carbocycles. The Bertz CT molecular complexity index is 1000. The van der Waals surface area contributed by atoms with Crippen molar-refractivity contribution in [3.05, 3.63) is 59.5 Å². The van der Waals surface area contributed by atoms with Crippen molar-refractivity contribution in [1.29, 1.82) is 0 Å². The van der Waals surface area contributed by atoms with Crippen LogP contribution in [-0.4, -0.2) is 29.0 Å². The Labute approximate surface area is 179 Å². The van der Waals surface area contributed by atoms with Crippen LogP contribution in [0.15, 0.2) is 52.1 Å². The second kappa shape index (κ2) is 9.67. The number of nitrogens with one attached hydrogen (secondary N) is 1. The summed E-state index contributed by atoms with van der Waals surface area (Å²) in [6, 6.07) is 13.4. The zero-order chi connectivity index (χ0) is 20.8. The molecule has 0 spiro atoms. The summed E-state index contributed by atoms with van der Waals surface area (Å²) in [5, 5.41) is 11.1. The molecule has 1 aromatic heterocycles. The molecule has 0 atom stereocenters. The normalized spacial score (nSPS) is 12.8. The fraction of sp³-hybridized carbons (Fsp3) is 0.318. The van der Waals surface area contributed by atoms with Crippen LogP contribution in [0.1, 0.15) is 29.9 Å². The van der Waals surface area contributed by atoms with E-state index in [0.29, 0.717) is 16.8 Å². The Hall–Kier alpha value is -3.00. The third-order valence-electron chi connectivity index (χ3n) is 4.83. The van der Waals surface area contributed by atoms with Crippen molar-refractivity contribution in [2.45, 2.75) is 37.5 Å². The average molecular weight is 426 g/mol. The van der Waals surface area contributed by atoms with Gasteiger partial charge in [0.2, 0.25) is 5.91 Å². The van der Waals surface area contributed by atoms with E-state index in [1.807, 2.05) is 6.07 Å². The molecule has 0 bridgehead atoms. The van der Waals surface area contributed by atoms with E-state index in [1.165, 1.54) is 35.7 Å². The number of amides is 1. The van der Waals surface area contributed by atoms with Crippen LogP contribution in [0.5, 0.6) is 11.5 Å². The monoisotopic (exact) mass is 425 g/mol. The smallest absolute Gasteiger partial charge is 0.277 e. The minimum absolute atomic E-state index is 0.157. The molecule has 156 valence electrons. The molecule has 0 unspecified atom stereocenters. The van der Waals surface area contributed by atoms with E-state index < -0.39 is 0 Å². The van der Waals surface area contributed by atoms with Gasteiger partial charge in [0, 0.05) is 5.69 Å². The molecule has 0 saturated heterocycles. The number of rotatable bonds is 8. The van der Waals surface area contributed by atoms with Gasteiger partial charge in [0.15, 0.2) is 6.61 Å². The van der Waals surface area contributed by atoms with Gasteiger partial charge in [-0.05, 0) is 73.2 Å². The highest BCUT2D eigenvalue weighted by Crippen LogP contribution is 2.26. The SMILES string of the molecule is COc1ccc(NC(=O)CSc2nnc(COc3ccc4c(c3)CCCC4)o2)cc1. The third kappa shape index (κ3) is 5.33. The van der Waals surface area contributed by atoms with E-state index in [0.717, 1.165) is 24.3 Å². The molecule has 30 heavy (non-hydrogen) atoms. The lowest BCUT2D eigenvalue weighted by molar-refractivity contribution is -0.113. The number of hydrogen-bond donors (Lipinski definition) is 1. The number of fused-ring (bicyclic) bond motifs is 1. The summed E-state index contributed by atoms with van der Waals surface area (Å²) in [6.07, 6.45) is 4.73. The zero-order valence-electron chi connectivity index (χ0n) is 16.7. The summed E-state index contributed by atoms with van der Waals surface area (Å²) in [6.45, 7) is 0.199. The van der Waals surface area contributed by atoms with Crippen molar-refractivity contribution in [1.82, 2.24) is 10.2 Å². The Morgan fingerprint density at radius 1 is 1.07 bits per heavy atom. The van der Waals surface area contributed by atoms with E-state index in [2.05, 4.69) is 27.6 Å². The van der Waals surface area contributed by atoms with Crippen LogP contribution in [0.4, 0.5) is 5.69 Å². The first-order chi connectivity index (χ1) is 14.7. The van der Waals surface area contributed by atoms with Gasteiger partial charge in [0.1, 0.15) is 11.5 Å². The Kier molecular flexibility index (Phi) is 6.53. The van der Waals surface area contributed by atoms with E-state index in [-0.39, 0.29) is 18.3 Å². The Morgan fingerprint density at radius 2 is 1.83 bits per heavy atom. The highest BCUT2D eigenvalue weighted by atomic mass is 32.2. The molecule has 0 aliphatic heterocycles. The number of benzene rings is 2. The molecule has 4 rings (SSSR count). The van der Waals surface area contributed by atoms with E-state index in [4.69, 9.17) is 13.9 Å². The molecule has 2 aromatic carbocycles. The van der Waals surface area contributed by atoms with Crippen molar-refractivity contribution in [2.24, 2.45) is 0 Å². The highest BCUT2D eigenvalue weighted by Gasteiger charge is 2.13. The van der Waals surface area contributed by atoms with Crippen LogP contribution < -0.4 is 14.8 Å². The number of thioether (sulfide) groups is 1. The molecule has 1 heterocycles. The van der Waals surface area contributed by atoms with Gasteiger partial charge in [-0.2, -0.15) is 0 Å². The lowest BCUT2D eigenvalue weighted by atomic mass is 9.92. The first-order valence-corrected chi connectivity index (χ1v) is 10.8. The van der Waals surface area contributed by atoms with Crippen LogP contribution in [0.3, 0.4) is 0 Å². The zero-order valence-corrected chi connectivity index (χ0v) is 17.5. The first kappa shape index (κ1) is 20.3. The number of carbonyl (C=O) groups excluding carboxylic acids is 1. The standard InChI is InChI=1S/C22H23N3O4S/c1-27-18-10-7-17(8-11-18)23-20(26)14-30-22-25-24-21(29-22)13-28-19-9-6-15-4-2-3-5-16(15)12-19/h6-12H,2-5,13-14H2,1H3,(H,23,26). The summed E-state index contributed by atoms with van der Waals surface area (Å²) in [5.41, 5.74) is 3.48. The number of ether oxygens (including phenoxy) is 2. The van der Waals surface area contributed by atoms with Gasteiger partial charge in [-0.25, -0.2) is 0 Å². The number of nitrogens with zero attached hydrogens (tertiary/aromatic N) is 2. The van der Waals surface area contributed by atoms with Crippen LogP contribution in [0.2, 0.25) is 0 Å². The van der Waals surface area contributed by atoms with Gasteiger partial charge < -0.3 is 19.2 Å². The molecule has 1 N–H and O–H groups in total. The van der Waals surface area contributed by atoms with Crippen LogP contribution in [0.25, 0.3) is 0 Å². The van der Waals surface area contributed by atoms with E-state index in [1.54, 1.807) is 31.4 Å². The second-order valence-electron chi connectivity index (χ2n) is 6.95. The number of hydrogen-bond acceptors (Lipinski definition) is 7. The number of anilines is 1. The van der Waals surface area contributed by atoms with Crippen molar-refractivity contribution in [3.63, 3.8) is 0 Å². The van der Waals surface area contributed by atoms with Gasteiger partial charge in [-0.15, -0.1) is 10.2 Å². The predicted molar refractivity (Wildman–Crippen MR) is 114 cm³/mol. The quantitative estimate of drug-likeness (QED) is 0.540. The highest BCUT2D eigenvalue weighted by molar-refractivity contribution is 7.99. The fourth-order valence-corrected chi connectivity index (χ4v) is 3.88. The maximum atomic E-state index is 12.1. The minimum atomic E-state index is -0.157. The molecule has 1 amide bonds. The fourth-order valence-electron chi connectivity index (χ4n) is 3.30. The van der Waals surface area contributed by atoms with Crippen molar-refractivity contribution >= 4 is 23.4 Å². The molecular formula is C22H23N3O4S.